The molecule has 0 unspecified atom stereocenters. The van der Waals surface area contributed by atoms with E-state index in [1.165, 1.54) is 16.8 Å². The lowest BCUT2D eigenvalue weighted by atomic mass is 9.87. The van der Waals surface area contributed by atoms with E-state index in [1.807, 2.05) is 18.2 Å². The Bertz CT molecular complexity index is 960. The van der Waals surface area contributed by atoms with Crippen LogP contribution in [0.4, 0.5) is 5.69 Å². The smallest absolute Gasteiger partial charge is 0.271 e. The van der Waals surface area contributed by atoms with Gasteiger partial charge in [-0.25, -0.2) is 5.43 Å². The topological polar surface area (TPSA) is 44.7 Å². The molecule has 1 amide bonds. The third kappa shape index (κ3) is 4.08. The van der Waals surface area contributed by atoms with Crippen LogP contribution < -0.4 is 10.3 Å². The number of hydrogen-bond donors (Lipinski definition) is 1. The lowest BCUT2D eigenvalue weighted by molar-refractivity contribution is 0.0955. The summed E-state index contributed by atoms with van der Waals surface area (Å²) in [4.78, 5) is 14.5. The summed E-state index contributed by atoms with van der Waals surface area (Å²) in [6.07, 6.45) is 4.00. The molecule has 0 radical (unpaired) electrons. The zero-order valence-corrected chi connectivity index (χ0v) is 18.5. The number of allylic oxidation sites excluding steroid dienone is 1. The van der Waals surface area contributed by atoms with Crippen LogP contribution in [-0.2, 0) is 0 Å². The number of nitrogens with one attached hydrogen (secondary N) is 1. The zero-order valence-electron chi connectivity index (χ0n) is 16.3. The molecule has 0 aliphatic carbocycles. The van der Waals surface area contributed by atoms with Crippen LogP contribution in [-0.4, -0.2) is 24.7 Å². The highest BCUT2D eigenvalue weighted by Gasteiger charge is 2.28. The van der Waals surface area contributed by atoms with E-state index in [0.717, 1.165) is 14.7 Å². The van der Waals surface area contributed by atoms with Crippen molar-refractivity contribution in [1.82, 2.24) is 5.43 Å². The number of hydrogen-bond acceptors (Lipinski definition) is 3. The fourth-order valence-electron chi connectivity index (χ4n) is 3.31. The molecule has 0 saturated carbocycles. The molecule has 1 heterocycles. The number of carbonyl (C=O) groups is 1. The Labute approximate surface area is 174 Å². The van der Waals surface area contributed by atoms with E-state index in [9.17, 15) is 4.79 Å². The number of anilines is 1. The number of carbonyl (C=O) groups excluding carboxylic acids is 1. The molecular weight excluding hydrogens is 449 g/mol. The molecule has 0 spiro atoms. The molecule has 2 aromatic rings. The summed E-state index contributed by atoms with van der Waals surface area (Å²) in [6.45, 7) is 8.63. The summed E-state index contributed by atoms with van der Waals surface area (Å²) in [7, 11) is 2.12. The molecule has 4 nitrogen and oxygen atoms in total. The Morgan fingerprint density at radius 3 is 2.67 bits per heavy atom. The molecule has 1 N–H and O–H groups in total. The van der Waals surface area contributed by atoms with Crippen molar-refractivity contribution < 1.29 is 4.79 Å². The summed E-state index contributed by atoms with van der Waals surface area (Å²) in [5, 5.41) is 4.17. The SMILES string of the molecule is CC1=CC(C)(C)N(C)c2cc(C)c(/C=N\NC(=O)c3cccc(I)c3)cc21. The summed E-state index contributed by atoms with van der Waals surface area (Å²) < 4.78 is 1.02. The number of likely N-dealkylation sites (N-methyl/N-ethyl adjacent to an activating group) is 1. The van der Waals surface area contributed by atoms with Gasteiger partial charge in [0.1, 0.15) is 0 Å². The van der Waals surface area contributed by atoms with Gasteiger partial charge in [0.25, 0.3) is 5.91 Å². The highest BCUT2D eigenvalue weighted by Crippen LogP contribution is 2.38. The molecule has 0 fully saturated rings. The van der Waals surface area contributed by atoms with Gasteiger partial charge in [-0.05, 0) is 97.3 Å². The minimum atomic E-state index is -0.210. The molecule has 140 valence electrons. The van der Waals surface area contributed by atoms with Gasteiger partial charge in [0.05, 0.1) is 11.8 Å². The molecule has 0 atom stereocenters. The first-order valence-corrected chi connectivity index (χ1v) is 9.94. The predicted molar refractivity (Wildman–Crippen MR) is 122 cm³/mol. The van der Waals surface area contributed by atoms with Gasteiger partial charge >= 0.3 is 0 Å². The number of fused-ring (bicyclic) bond motifs is 1. The number of amides is 1. The van der Waals surface area contributed by atoms with Crippen molar-refractivity contribution in [2.75, 3.05) is 11.9 Å². The van der Waals surface area contributed by atoms with Crippen molar-refractivity contribution in [3.63, 3.8) is 0 Å². The van der Waals surface area contributed by atoms with Gasteiger partial charge in [-0.15, -0.1) is 0 Å². The standard InChI is InChI=1S/C22H24IN3O/c1-14-9-20-19(15(2)12-22(3,4)26(20)5)11-17(14)13-24-25-21(27)16-7-6-8-18(23)10-16/h6-13H,1-5H3,(H,25,27)/b24-13-. The third-order valence-electron chi connectivity index (χ3n) is 5.06. The van der Waals surface area contributed by atoms with E-state index in [4.69, 9.17) is 0 Å². The second-order valence-electron chi connectivity index (χ2n) is 7.48. The summed E-state index contributed by atoms with van der Waals surface area (Å²) >= 11 is 2.19. The van der Waals surface area contributed by atoms with Gasteiger partial charge in [0.2, 0.25) is 0 Å². The second-order valence-corrected chi connectivity index (χ2v) is 8.72. The van der Waals surface area contributed by atoms with Crippen LogP contribution in [0.3, 0.4) is 0 Å². The van der Waals surface area contributed by atoms with E-state index in [1.54, 1.807) is 12.3 Å². The Kier molecular flexibility index (Phi) is 5.42. The van der Waals surface area contributed by atoms with Gasteiger partial charge in [-0.1, -0.05) is 12.1 Å². The van der Waals surface area contributed by atoms with E-state index >= 15 is 0 Å². The van der Waals surface area contributed by atoms with Crippen molar-refractivity contribution in [2.24, 2.45) is 5.10 Å². The van der Waals surface area contributed by atoms with E-state index in [2.05, 4.69) is 91.0 Å². The number of hydrazone groups is 1. The molecule has 1 aliphatic heterocycles. The first-order chi connectivity index (χ1) is 12.7. The fraction of sp³-hybridized carbons (Fsp3) is 0.273. The largest absolute Gasteiger partial charge is 0.365 e. The second kappa shape index (κ2) is 7.46. The Balaban J connectivity index is 1.83. The molecule has 3 rings (SSSR count). The Morgan fingerprint density at radius 1 is 1.22 bits per heavy atom. The van der Waals surface area contributed by atoms with E-state index in [-0.39, 0.29) is 11.4 Å². The Morgan fingerprint density at radius 2 is 1.96 bits per heavy atom. The Hall–Kier alpha value is -2.15. The van der Waals surface area contributed by atoms with Crippen molar-refractivity contribution in [3.05, 3.63) is 68.3 Å². The lowest BCUT2D eigenvalue weighted by Crippen LogP contribution is -2.42. The van der Waals surface area contributed by atoms with Crippen LogP contribution >= 0.6 is 22.6 Å². The number of halogens is 1. The van der Waals surface area contributed by atoms with Crippen molar-refractivity contribution in [1.29, 1.82) is 0 Å². The molecule has 5 heteroatoms. The van der Waals surface area contributed by atoms with Crippen LogP contribution in [0.1, 0.15) is 47.8 Å². The maximum Gasteiger partial charge on any atom is 0.271 e. The quantitative estimate of drug-likeness (QED) is 0.388. The summed E-state index contributed by atoms with van der Waals surface area (Å²) in [5.41, 5.74) is 9.00. The minimum absolute atomic E-state index is 0.0136. The average Bonchev–Trinajstić information content (AvgIpc) is 2.60. The van der Waals surface area contributed by atoms with Gasteiger partial charge in [0, 0.05) is 27.4 Å². The van der Waals surface area contributed by atoms with Crippen LogP contribution in [0.2, 0.25) is 0 Å². The van der Waals surface area contributed by atoms with E-state index in [0.29, 0.717) is 5.56 Å². The molecule has 27 heavy (non-hydrogen) atoms. The lowest BCUT2D eigenvalue weighted by Gasteiger charge is -2.41. The number of aryl methyl sites for hydroxylation is 1. The summed E-state index contributed by atoms with van der Waals surface area (Å²) in [5.74, 6) is -0.210. The molecular formula is C22H24IN3O. The van der Waals surface area contributed by atoms with Gasteiger partial charge in [0.15, 0.2) is 0 Å². The van der Waals surface area contributed by atoms with Gasteiger partial charge in [-0.2, -0.15) is 5.10 Å². The highest BCUT2D eigenvalue weighted by atomic mass is 127. The monoisotopic (exact) mass is 473 g/mol. The minimum Gasteiger partial charge on any atom is -0.365 e. The van der Waals surface area contributed by atoms with Crippen molar-refractivity contribution in [2.45, 2.75) is 33.2 Å². The molecule has 2 aromatic carbocycles. The molecule has 0 saturated heterocycles. The van der Waals surface area contributed by atoms with E-state index < -0.39 is 0 Å². The maximum absolute atomic E-state index is 12.2. The first kappa shape index (κ1) is 19.6. The van der Waals surface area contributed by atoms with Crippen LogP contribution in [0, 0.1) is 10.5 Å². The normalized spacial score (nSPS) is 15.5. The zero-order chi connectivity index (χ0) is 19.8. The first-order valence-electron chi connectivity index (χ1n) is 8.86. The number of nitrogens with zero attached hydrogens (tertiary/aromatic N) is 2. The number of benzene rings is 2. The predicted octanol–water partition coefficient (Wildman–Crippen LogP) is 5.00. The van der Waals surface area contributed by atoms with Gasteiger partial charge < -0.3 is 4.90 Å². The van der Waals surface area contributed by atoms with Crippen molar-refractivity contribution >= 4 is 46.0 Å². The summed E-state index contributed by atoms with van der Waals surface area (Å²) in [6, 6.07) is 11.8. The van der Waals surface area contributed by atoms with Crippen LogP contribution in [0.5, 0.6) is 0 Å². The maximum atomic E-state index is 12.2. The molecule has 0 aromatic heterocycles. The van der Waals surface area contributed by atoms with Crippen LogP contribution in [0.25, 0.3) is 5.57 Å². The highest BCUT2D eigenvalue weighted by molar-refractivity contribution is 14.1. The van der Waals surface area contributed by atoms with Crippen LogP contribution in [0.15, 0.2) is 47.6 Å². The fourth-order valence-corrected chi connectivity index (χ4v) is 3.85. The van der Waals surface area contributed by atoms with Crippen molar-refractivity contribution in [3.8, 4) is 0 Å². The average molecular weight is 473 g/mol. The number of rotatable bonds is 3. The molecule has 1 aliphatic rings. The van der Waals surface area contributed by atoms with Gasteiger partial charge in [-0.3, -0.25) is 4.79 Å². The molecule has 0 bridgehead atoms. The third-order valence-corrected chi connectivity index (χ3v) is 5.73.